The Morgan fingerprint density at radius 1 is 1.08 bits per heavy atom. The molecule has 188 valence electrons. The van der Waals surface area contributed by atoms with E-state index in [1.165, 1.54) is 11.6 Å². The number of fused-ring (bicyclic) bond motifs is 2. The molecule has 1 aliphatic heterocycles. The highest BCUT2D eigenvalue weighted by atomic mass is 19.1. The van der Waals surface area contributed by atoms with Crippen molar-refractivity contribution in [2.24, 2.45) is 5.73 Å². The number of pyridine rings is 1. The van der Waals surface area contributed by atoms with Gasteiger partial charge in [0.2, 0.25) is 0 Å². The lowest BCUT2D eigenvalue weighted by atomic mass is 9.97. The van der Waals surface area contributed by atoms with Crippen LogP contribution in [-0.4, -0.2) is 58.8 Å². The Kier molecular flexibility index (Phi) is 6.08. The fourth-order valence-corrected chi connectivity index (χ4v) is 5.17. The van der Waals surface area contributed by atoms with Gasteiger partial charge >= 0.3 is 0 Å². The minimum Gasteiger partial charge on any atom is -0.353 e. The first-order chi connectivity index (χ1) is 18.0. The molecule has 0 bridgehead atoms. The zero-order valence-electron chi connectivity index (χ0n) is 21.0. The number of halogens is 1. The van der Waals surface area contributed by atoms with Crippen LogP contribution in [0.3, 0.4) is 0 Å². The third-order valence-electron chi connectivity index (χ3n) is 6.98. The number of likely N-dealkylation sites (N-methyl/N-ethyl adjacent to an activating group) is 1. The first-order valence-corrected chi connectivity index (χ1v) is 12.5. The molecule has 0 saturated heterocycles. The first-order valence-electron chi connectivity index (χ1n) is 12.5. The lowest BCUT2D eigenvalue weighted by Gasteiger charge is -2.18. The predicted molar refractivity (Wildman–Crippen MR) is 148 cm³/mol. The smallest absolute Gasteiger partial charge is 0.124 e. The molecule has 4 heterocycles. The number of hydrogen-bond acceptors (Lipinski definition) is 5. The van der Waals surface area contributed by atoms with E-state index in [2.05, 4.69) is 43.7 Å². The molecule has 7 nitrogen and oxygen atoms in total. The van der Waals surface area contributed by atoms with Gasteiger partial charge in [-0.05, 0) is 85.7 Å². The summed E-state index contributed by atoms with van der Waals surface area (Å²) < 4.78 is 14.7. The van der Waals surface area contributed by atoms with Crippen molar-refractivity contribution in [2.45, 2.75) is 12.5 Å². The SMILES string of the molecule is CN(C)CC(N)c1cc(F)cc(-c2cccc3[nH]c(-c4n[nH]c5cnc(C6=CCNCC6)cc45)cc23)c1. The normalized spacial score (nSPS) is 15.0. The monoisotopic (exact) mass is 495 g/mol. The van der Waals surface area contributed by atoms with Gasteiger partial charge in [-0.25, -0.2) is 4.39 Å². The van der Waals surface area contributed by atoms with Gasteiger partial charge in [0.15, 0.2) is 0 Å². The van der Waals surface area contributed by atoms with Crippen molar-refractivity contribution >= 4 is 27.4 Å². The second kappa shape index (κ2) is 9.55. The lowest BCUT2D eigenvalue weighted by Crippen LogP contribution is -2.26. The van der Waals surface area contributed by atoms with Crippen LogP contribution < -0.4 is 11.1 Å². The Morgan fingerprint density at radius 2 is 1.97 bits per heavy atom. The molecule has 3 aromatic heterocycles. The van der Waals surface area contributed by atoms with Crippen LogP contribution in [0, 0.1) is 5.82 Å². The maximum absolute atomic E-state index is 14.7. The third-order valence-corrected chi connectivity index (χ3v) is 6.98. The van der Waals surface area contributed by atoms with E-state index in [1.54, 1.807) is 6.07 Å². The third kappa shape index (κ3) is 4.55. The molecule has 0 radical (unpaired) electrons. The maximum Gasteiger partial charge on any atom is 0.124 e. The second-order valence-corrected chi connectivity index (χ2v) is 9.96. The number of hydrogen-bond donors (Lipinski definition) is 4. The van der Waals surface area contributed by atoms with E-state index in [0.717, 1.165) is 75.1 Å². The zero-order chi connectivity index (χ0) is 25.5. The highest BCUT2D eigenvalue weighted by molar-refractivity contribution is 6.01. The van der Waals surface area contributed by atoms with Gasteiger partial charge in [-0.15, -0.1) is 0 Å². The molecule has 0 spiro atoms. The number of benzene rings is 2. The molecule has 1 unspecified atom stereocenters. The average Bonchev–Trinajstić information content (AvgIpc) is 3.52. The van der Waals surface area contributed by atoms with Crippen molar-refractivity contribution in [1.29, 1.82) is 0 Å². The average molecular weight is 496 g/mol. The number of aromatic amines is 2. The molecular formula is C29H30FN7. The molecule has 0 amide bonds. The Morgan fingerprint density at radius 3 is 2.78 bits per heavy atom. The van der Waals surface area contributed by atoms with Crippen LogP contribution in [0.5, 0.6) is 0 Å². The summed E-state index contributed by atoms with van der Waals surface area (Å²) in [5.74, 6) is -0.292. The number of nitrogens with one attached hydrogen (secondary N) is 3. The first kappa shape index (κ1) is 23.5. The fraction of sp³-hybridized carbons (Fsp3) is 0.241. The van der Waals surface area contributed by atoms with E-state index in [0.29, 0.717) is 6.54 Å². The zero-order valence-corrected chi connectivity index (χ0v) is 21.0. The van der Waals surface area contributed by atoms with E-state index in [4.69, 9.17) is 5.73 Å². The summed E-state index contributed by atoms with van der Waals surface area (Å²) in [5.41, 5.74) is 14.7. The minimum atomic E-state index is -0.292. The van der Waals surface area contributed by atoms with Gasteiger partial charge in [0.25, 0.3) is 0 Å². The van der Waals surface area contributed by atoms with E-state index in [1.807, 2.05) is 49.5 Å². The largest absolute Gasteiger partial charge is 0.353 e. The van der Waals surface area contributed by atoms with Crippen molar-refractivity contribution in [2.75, 3.05) is 33.7 Å². The van der Waals surface area contributed by atoms with Crippen molar-refractivity contribution in [1.82, 2.24) is 30.4 Å². The summed E-state index contributed by atoms with van der Waals surface area (Å²) in [4.78, 5) is 10.2. The fourth-order valence-electron chi connectivity index (χ4n) is 5.17. The van der Waals surface area contributed by atoms with Crippen LogP contribution in [0.2, 0.25) is 0 Å². The molecule has 5 aromatic rings. The summed E-state index contributed by atoms with van der Waals surface area (Å²) in [6.45, 7) is 2.45. The summed E-state index contributed by atoms with van der Waals surface area (Å²) in [6.07, 6.45) is 5.00. The van der Waals surface area contributed by atoms with Crippen LogP contribution >= 0.6 is 0 Å². The quantitative estimate of drug-likeness (QED) is 0.270. The Labute approximate surface area is 214 Å². The molecule has 8 heteroatoms. The number of nitrogens with zero attached hydrogens (tertiary/aromatic N) is 3. The van der Waals surface area contributed by atoms with E-state index >= 15 is 0 Å². The Hall–Kier alpha value is -3.85. The Bertz CT molecular complexity index is 1630. The molecule has 37 heavy (non-hydrogen) atoms. The van der Waals surface area contributed by atoms with E-state index < -0.39 is 0 Å². The van der Waals surface area contributed by atoms with Crippen LogP contribution in [-0.2, 0) is 0 Å². The van der Waals surface area contributed by atoms with Crippen LogP contribution in [0.4, 0.5) is 4.39 Å². The highest BCUT2D eigenvalue weighted by Gasteiger charge is 2.17. The van der Waals surface area contributed by atoms with Crippen LogP contribution in [0.15, 0.2) is 60.8 Å². The molecule has 1 atom stereocenters. The van der Waals surface area contributed by atoms with E-state index in [9.17, 15) is 4.39 Å². The molecule has 0 fully saturated rings. The van der Waals surface area contributed by atoms with Gasteiger partial charge in [-0.3, -0.25) is 10.1 Å². The number of rotatable bonds is 6. The molecule has 1 aliphatic rings. The van der Waals surface area contributed by atoms with Crippen molar-refractivity contribution in [3.05, 3.63) is 77.9 Å². The van der Waals surface area contributed by atoms with Gasteiger partial charge in [0, 0.05) is 35.4 Å². The van der Waals surface area contributed by atoms with Crippen LogP contribution in [0.25, 0.3) is 49.9 Å². The summed E-state index contributed by atoms with van der Waals surface area (Å²) in [5, 5.41) is 13.1. The molecule has 6 rings (SSSR count). The Balaban J connectivity index is 1.43. The lowest BCUT2D eigenvalue weighted by molar-refractivity contribution is 0.376. The van der Waals surface area contributed by atoms with Crippen molar-refractivity contribution in [3.8, 4) is 22.5 Å². The highest BCUT2D eigenvalue weighted by Crippen LogP contribution is 2.35. The maximum atomic E-state index is 14.7. The van der Waals surface area contributed by atoms with Gasteiger partial charge in [-0.2, -0.15) is 5.10 Å². The number of H-pyrrole nitrogens is 2. The van der Waals surface area contributed by atoms with Crippen molar-refractivity contribution in [3.63, 3.8) is 0 Å². The second-order valence-electron chi connectivity index (χ2n) is 9.96. The molecular weight excluding hydrogens is 465 g/mol. The van der Waals surface area contributed by atoms with Gasteiger partial charge in [-0.1, -0.05) is 18.2 Å². The topological polar surface area (TPSA) is 98.6 Å². The number of aromatic nitrogens is 4. The summed E-state index contributed by atoms with van der Waals surface area (Å²) in [6, 6.07) is 15.0. The van der Waals surface area contributed by atoms with Crippen LogP contribution in [0.1, 0.15) is 23.7 Å². The molecule has 0 saturated carbocycles. The summed E-state index contributed by atoms with van der Waals surface area (Å²) >= 11 is 0. The predicted octanol–water partition coefficient (Wildman–Crippen LogP) is 4.85. The molecule has 2 aromatic carbocycles. The van der Waals surface area contributed by atoms with Gasteiger partial charge in [0.05, 0.1) is 23.1 Å². The molecule has 0 aliphatic carbocycles. The minimum absolute atomic E-state index is 0.279. The summed E-state index contributed by atoms with van der Waals surface area (Å²) in [7, 11) is 3.92. The standard InChI is InChI=1S/C29H30FN7/c1-37(2)16-24(31)19-10-18(11-20(30)12-19)21-4-3-5-25-22(21)13-27(34-25)29-23-14-26(17-6-8-32-9-7-17)33-15-28(23)35-36-29/h3-6,10-15,24,32,34H,7-9,16,31H2,1-2H3,(H,35,36). The van der Waals surface area contributed by atoms with E-state index in [-0.39, 0.29) is 11.9 Å². The van der Waals surface area contributed by atoms with Crippen molar-refractivity contribution < 1.29 is 4.39 Å². The number of nitrogens with two attached hydrogens (primary N) is 1. The molecule has 5 N–H and O–H groups in total. The van der Waals surface area contributed by atoms with Gasteiger partial charge < -0.3 is 20.9 Å². The van der Waals surface area contributed by atoms with Gasteiger partial charge in [0.1, 0.15) is 11.5 Å².